The van der Waals surface area contributed by atoms with Crippen molar-refractivity contribution >= 4 is 38.7 Å². The van der Waals surface area contributed by atoms with Crippen LogP contribution in [0.5, 0.6) is 5.75 Å². The molecule has 2 aliphatic carbocycles. The molecular weight excluding hydrogens is 528 g/mol. The van der Waals surface area contributed by atoms with Crippen molar-refractivity contribution in [3.63, 3.8) is 0 Å². The second kappa shape index (κ2) is 9.55. The molecule has 3 N–H and O–H groups in total. The first-order chi connectivity index (χ1) is 19.3. The lowest BCUT2D eigenvalue weighted by atomic mass is 9.93. The van der Waals surface area contributed by atoms with E-state index in [0.29, 0.717) is 34.4 Å². The van der Waals surface area contributed by atoms with E-state index in [0.717, 1.165) is 68.1 Å². The number of rotatable bonds is 8. The van der Waals surface area contributed by atoms with Gasteiger partial charge < -0.3 is 25.0 Å². The van der Waals surface area contributed by atoms with Crippen molar-refractivity contribution in [1.29, 1.82) is 0 Å². The SMILES string of the molecule is O=C(Nc1ccc(NS(=O)(=O)CCO)cc1N1CCC2(CC1)CC2)c1cc2c(c(N3CCC4(CC4)C3)c1)OCC2. The molecule has 214 valence electrons. The van der Waals surface area contributed by atoms with Crippen LogP contribution in [-0.2, 0) is 16.4 Å². The van der Waals surface area contributed by atoms with Gasteiger partial charge in [-0.25, -0.2) is 8.42 Å². The van der Waals surface area contributed by atoms with Gasteiger partial charge in [0, 0.05) is 43.7 Å². The van der Waals surface area contributed by atoms with Gasteiger partial charge in [0.25, 0.3) is 5.91 Å². The first kappa shape index (κ1) is 26.0. The number of fused-ring (bicyclic) bond motifs is 1. The summed E-state index contributed by atoms with van der Waals surface area (Å²) in [6.45, 7) is 3.95. The molecule has 1 amide bonds. The Labute approximate surface area is 235 Å². The minimum atomic E-state index is -3.66. The highest BCUT2D eigenvalue weighted by molar-refractivity contribution is 7.92. The molecule has 4 fully saturated rings. The van der Waals surface area contributed by atoms with E-state index in [1.54, 1.807) is 18.2 Å². The molecule has 10 heteroatoms. The summed E-state index contributed by atoms with van der Waals surface area (Å²) < 4.78 is 33.3. The number of carbonyl (C=O) groups is 1. The smallest absolute Gasteiger partial charge is 0.255 e. The lowest BCUT2D eigenvalue weighted by Crippen LogP contribution is -2.35. The summed E-state index contributed by atoms with van der Waals surface area (Å²) in [6, 6.07) is 9.19. The van der Waals surface area contributed by atoms with Crippen molar-refractivity contribution in [2.75, 3.05) is 65.0 Å². The number of piperidine rings is 1. The van der Waals surface area contributed by atoms with Crippen molar-refractivity contribution in [3.05, 3.63) is 41.5 Å². The Hall–Kier alpha value is -2.98. The highest BCUT2D eigenvalue weighted by Gasteiger charge is 2.48. The Morgan fingerprint density at radius 1 is 0.925 bits per heavy atom. The molecule has 2 spiro atoms. The largest absolute Gasteiger partial charge is 0.491 e. The Kier molecular flexibility index (Phi) is 6.19. The summed E-state index contributed by atoms with van der Waals surface area (Å²) in [4.78, 5) is 18.4. The van der Waals surface area contributed by atoms with E-state index >= 15 is 0 Å². The zero-order valence-corrected chi connectivity index (χ0v) is 23.7. The quantitative estimate of drug-likeness (QED) is 0.443. The van der Waals surface area contributed by atoms with Crippen molar-refractivity contribution in [3.8, 4) is 5.75 Å². The number of sulfonamides is 1. The van der Waals surface area contributed by atoms with Crippen molar-refractivity contribution in [2.45, 2.75) is 51.4 Å². The summed E-state index contributed by atoms with van der Waals surface area (Å²) in [5, 5.41) is 12.3. The van der Waals surface area contributed by atoms with Crippen LogP contribution in [0.2, 0.25) is 0 Å². The molecule has 0 unspecified atom stereocenters. The Bertz CT molecular complexity index is 1440. The number of hydrogen-bond donors (Lipinski definition) is 3. The summed E-state index contributed by atoms with van der Waals surface area (Å²) in [7, 11) is -3.66. The molecule has 2 saturated carbocycles. The fourth-order valence-electron chi connectivity index (χ4n) is 6.79. The fourth-order valence-corrected chi connectivity index (χ4v) is 7.61. The van der Waals surface area contributed by atoms with Gasteiger partial charge in [0.2, 0.25) is 10.0 Å². The monoisotopic (exact) mass is 566 g/mol. The van der Waals surface area contributed by atoms with Gasteiger partial charge >= 0.3 is 0 Å². The van der Waals surface area contributed by atoms with Crippen LogP contribution in [0.4, 0.5) is 22.7 Å². The molecule has 2 saturated heterocycles. The maximum absolute atomic E-state index is 13.7. The van der Waals surface area contributed by atoms with Gasteiger partial charge in [-0.2, -0.15) is 0 Å². The number of ether oxygens (including phenoxy) is 1. The molecule has 40 heavy (non-hydrogen) atoms. The number of nitrogens with zero attached hydrogens (tertiary/aromatic N) is 2. The van der Waals surface area contributed by atoms with Crippen LogP contribution in [0.1, 0.15) is 60.9 Å². The third-order valence-corrected chi connectivity index (χ3v) is 11.0. The average molecular weight is 567 g/mol. The molecule has 3 aliphatic heterocycles. The predicted octanol–water partition coefficient (Wildman–Crippen LogP) is 3.98. The van der Waals surface area contributed by atoms with Crippen LogP contribution in [0.25, 0.3) is 0 Å². The van der Waals surface area contributed by atoms with Crippen LogP contribution in [0.15, 0.2) is 30.3 Å². The first-order valence-corrected chi connectivity index (χ1v) is 16.3. The molecule has 0 aromatic heterocycles. The number of carbonyl (C=O) groups excluding carboxylic acids is 1. The molecule has 7 rings (SSSR count). The van der Waals surface area contributed by atoms with E-state index in [4.69, 9.17) is 9.84 Å². The van der Waals surface area contributed by atoms with Crippen LogP contribution in [0.3, 0.4) is 0 Å². The van der Waals surface area contributed by atoms with Crippen molar-refractivity contribution < 1.29 is 23.1 Å². The third-order valence-electron chi connectivity index (χ3n) is 9.76. The Balaban J connectivity index is 1.17. The fraction of sp³-hybridized carbons (Fsp3) is 0.567. The zero-order valence-electron chi connectivity index (χ0n) is 22.9. The normalized spacial score (nSPS) is 21.8. The Morgan fingerprint density at radius 2 is 1.65 bits per heavy atom. The molecule has 0 radical (unpaired) electrons. The van der Waals surface area contributed by atoms with Crippen molar-refractivity contribution in [1.82, 2.24) is 0 Å². The van der Waals surface area contributed by atoms with Crippen LogP contribution >= 0.6 is 0 Å². The lowest BCUT2D eigenvalue weighted by Gasteiger charge is -2.35. The minimum Gasteiger partial charge on any atom is -0.491 e. The molecule has 0 atom stereocenters. The van der Waals surface area contributed by atoms with Gasteiger partial charge in [0.05, 0.1) is 41.7 Å². The number of hydrogen-bond acceptors (Lipinski definition) is 7. The lowest BCUT2D eigenvalue weighted by molar-refractivity contribution is 0.102. The topological polar surface area (TPSA) is 111 Å². The van der Waals surface area contributed by atoms with E-state index < -0.39 is 16.6 Å². The second-order valence-electron chi connectivity index (χ2n) is 12.6. The number of benzene rings is 2. The highest BCUT2D eigenvalue weighted by atomic mass is 32.2. The van der Waals surface area contributed by atoms with E-state index in [-0.39, 0.29) is 11.7 Å². The molecular formula is C30H38N4O5S. The van der Waals surface area contributed by atoms with Crippen LogP contribution < -0.4 is 24.6 Å². The van der Waals surface area contributed by atoms with E-state index in [2.05, 4.69) is 19.8 Å². The molecule has 5 aliphatic rings. The third kappa shape index (κ3) is 5.00. The average Bonchev–Trinajstić information content (AvgIpc) is 3.75. The van der Waals surface area contributed by atoms with E-state index in [9.17, 15) is 13.2 Å². The van der Waals surface area contributed by atoms with Crippen LogP contribution in [-0.4, -0.2) is 64.6 Å². The summed E-state index contributed by atoms with van der Waals surface area (Å²) >= 11 is 0. The van der Waals surface area contributed by atoms with E-state index in [1.807, 2.05) is 12.1 Å². The van der Waals surface area contributed by atoms with Gasteiger partial charge in [-0.15, -0.1) is 0 Å². The predicted molar refractivity (Wildman–Crippen MR) is 156 cm³/mol. The molecule has 9 nitrogen and oxygen atoms in total. The van der Waals surface area contributed by atoms with Crippen molar-refractivity contribution in [2.24, 2.45) is 10.8 Å². The van der Waals surface area contributed by atoms with Gasteiger partial charge in [0.15, 0.2) is 0 Å². The number of aliphatic hydroxyl groups excluding tert-OH is 1. The highest BCUT2D eigenvalue weighted by Crippen LogP contribution is 2.55. The first-order valence-electron chi connectivity index (χ1n) is 14.6. The molecule has 2 aromatic carbocycles. The molecule has 0 bridgehead atoms. The number of amides is 1. The summed E-state index contributed by atoms with van der Waals surface area (Å²) in [5.41, 5.74) is 5.58. The second-order valence-corrected chi connectivity index (χ2v) is 14.4. The molecule has 3 heterocycles. The van der Waals surface area contributed by atoms with Crippen LogP contribution in [0, 0.1) is 10.8 Å². The number of anilines is 4. The number of aliphatic hydroxyl groups is 1. The van der Waals surface area contributed by atoms with Gasteiger partial charge in [-0.1, -0.05) is 0 Å². The Morgan fingerprint density at radius 3 is 2.35 bits per heavy atom. The summed E-state index contributed by atoms with van der Waals surface area (Å²) in [5.74, 6) is 0.383. The van der Waals surface area contributed by atoms with Gasteiger partial charge in [-0.05, 0) is 86.1 Å². The van der Waals surface area contributed by atoms with Gasteiger partial charge in [-0.3, -0.25) is 9.52 Å². The standard InChI is InChI=1S/C30H38N4O5S/c35-14-16-40(37,38)32-23-1-2-24(25(19-23)33-11-8-29(4-5-29)9-12-33)31-28(36)22-17-21-3-15-39-27(21)26(18-22)34-13-10-30(20-34)6-7-30/h1-2,17-19,32,35H,3-16,20H2,(H,31,36). The zero-order chi connectivity index (χ0) is 27.5. The maximum Gasteiger partial charge on any atom is 0.255 e. The number of nitrogens with one attached hydrogen (secondary N) is 2. The summed E-state index contributed by atoms with van der Waals surface area (Å²) in [6.07, 6.45) is 9.36. The van der Waals surface area contributed by atoms with Gasteiger partial charge in [0.1, 0.15) is 5.75 Å². The maximum atomic E-state index is 13.7. The van der Waals surface area contributed by atoms with E-state index in [1.165, 1.54) is 32.1 Å². The minimum absolute atomic E-state index is 0.179. The molecule has 2 aromatic rings.